The summed E-state index contributed by atoms with van der Waals surface area (Å²) in [6.07, 6.45) is 4.95. The Hall–Kier alpha value is -1.09. The zero-order valence-corrected chi connectivity index (χ0v) is 13.7. The topological polar surface area (TPSA) is 28.2 Å². The first kappa shape index (κ1) is 17.0. The summed E-state index contributed by atoms with van der Waals surface area (Å²) in [5.41, 5.74) is 2.46. The Morgan fingerprint density at radius 3 is 2.20 bits per heavy atom. The molecule has 0 spiro atoms. The predicted molar refractivity (Wildman–Crippen MR) is 88.4 cm³/mol. The van der Waals surface area contributed by atoms with Crippen molar-refractivity contribution in [2.45, 2.75) is 59.9 Å². The largest absolute Gasteiger partial charge is 0.357 e. The van der Waals surface area contributed by atoms with E-state index in [0.717, 1.165) is 37.7 Å². The monoisotopic (exact) mass is 277 g/mol. The van der Waals surface area contributed by atoms with Gasteiger partial charge in [0.2, 0.25) is 0 Å². The zero-order valence-electron chi connectivity index (χ0n) is 13.7. The summed E-state index contributed by atoms with van der Waals surface area (Å²) in [7, 11) is 0. The van der Waals surface area contributed by atoms with Crippen LogP contribution in [0.3, 0.4) is 0 Å². The first-order valence-electron chi connectivity index (χ1n) is 8.15. The van der Waals surface area contributed by atoms with Crippen molar-refractivity contribution in [3.63, 3.8) is 0 Å². The molecule has 0 aromatic carbocycles. The molecule has 0 aliphatic carbocycles. The lowest BCUT2D eigenvalue weighted by molar-refractivity contribution is 0.668. The fraction of sp³-hybridized carbons (Fsp3) is 0.706. The summed E-state index contributed by atoms with van der Waals surface area (Å²) in [5.74, 6) is 1.14. The molecule has 0 atom stereocenters. The van der Waals surface area contributed by atoms with Gasteiger partial charge in [-0.3, -0.25) is 0 Å². The minimum absolute atomic E-state index is 0.916. The Morgan fingerprint density at radius 1 is 1.05 bits per heavy atom. The first-order chi connectivity index (χ1) is 9.72. The van der Waals surface area contributed by atoms with Crippen molar-refractivity contribution in [2.24, 2.45) is 0 Å². The van der Waals surface area contributed by atoms with E-state index in [1.165, 1.54) is 31.2 Å². The van der Waals surface area contributed by atoms with Crippen LogP contribution in [-0.4, -0.2) is 24.6 Å². The van der Waals surface area contributed by atoms with E-state index in [2.05, 4.69) is 50.0 Å². The standard InChI is InChI=1S/C17H31N3/c1-5-8-12-20(13-9-6-2)17-11-10-16(14-18-7-3)15(4)19-17/h10-11,18H,5-9,12-14H2,1-4H3. The molecule has 20 heavy (non-hydrogen) atoms. The number of unbranched alkanes of at least 4 members (excludes halogenated alkanes) is 2. The first-order valence-corrected chi connectivity index (χ1v) is 8.15. The number of nitrogens with one attached hydrogen (secondary N) is 1. The molecule has 1 rings (SSSR count). The number of anilines is 1. The van der Waals surface area contributed by atoms with Crippen LogP contribution in [0.4, 0.5) is 5.82 Å². The van der Waals surface area contributed by atoms with E-state index in [1.807, 2.05) is 0 Å². The van der Waals surface area contributed by atoms with Crippen molar-refractivity contribution in [1.29, 1.82) is 0 Å². The highest BCUT2D eigenvalue weighted by Crippen LogP contribution is 2.16. The van der Waals surface area contributed by atoms with Crippen LogP contribution < -0.4 is 10.2 Å². The maximum absolute atomic E-state index is 4.82. The van der Waals surface area contributed by atoms with Crippen LogP contribution in [0.5, 0.6) is 0 Å². The van der Waals surface area contributed by atoms with Crippen molar-refractivity contribution < 1.29 is 0 Å². The van der Waals surface area contributed by atoms with E-state index in [0.29, 0.717) is 0 Å². The average molecular weight is 277 g/mol. The Balaban J connectivity index is 2.76. The van der Waals surface area contributed by atoms with Gasteiger partial charge in [0.25, 0.3) is 0 Å². The molecular formula is C17H31N3. The van der Waals surface area contributed by atoms with Gasteiger partial charge < -0.3 is 10.2 Å². The molecule has 0 saturated carbocycles. The number of aryl methyl sites for hydroxylation is 1. The summed E-state index contributed by atoms with van der Waals surface area (Å²) < 4.78 is 0. The molecule has 1 aromatic rings. The van der Waals surface area contributed by atoms with Crippen molar-refractivity contribution in [1.82, 2.24) is 10.3 Å². The van der Waals surface area contributed by atoms with Crippen LogP contribution in [0.15, 0.2) is 12.1 Å². The Morgan fingerprint density at radius 2 is 1.70 bits per heavy atom. The number of aromatic nitrogens is 1. The predicted octanol–water partition coefficient (Wildman–Crippen LogP) is 3.91. The van der Waals surface area contributed by atoms with E-state index in [9.17, 15) is 0 Å². The molecule has 1 N–H and O–H groups in total. The normalized spacial score (nSPS) is 10.8. The van der Waals surface area contributed by atoms with E-state index >= 15 is 0 Å². The van der Waals surface area contributed by atoms with Gasteiger partial charge in [-0.05, 0) is 37.9 Å². The number of hydrogen-bond acceptors (Lipinski definition) is 3. The van der Waals surface area contributed by atoms with E-state index in [1.54, 1.807) is 0 Å². The van der Waals surface area contributed by atoms with E-state index in [4.69, 9.17) is 4.98 Å². The van der Waals surface area contributed by atoms with Crippen LogP contribution in [-0.2, 0) is 6.54 Å². The second-order valence-electron chi connectivity index (χ2n) is 5.39. The molecule has 0 saturated heterocycles. The highest BCUT2D eigenvalue weighted by Gasteiger charge is 2.09. The summed E-state index contributed by atoms with van der Waals surface area (Å²) in [5, 5.41) is 3.37. The molecule has 1 aromatic heterocycles. The van der Waals surface area contributed by atoms with E-state index in [-0.39, 0.29) is 0 Å². The van der Waals surface area contributed by atoms with Gasteiger partial charge >= 0.3 is 0 Å². The summed E-state index contributed by atoms with van der Waals surface area (Å²) >= 11 is 0. The van der Waals surface area contributed by atoms with Crippen LogP contribution in [0, 0.1) is 6.92 Å². The maximum atomic E-state index is 4.82. The highest BCUT2D eigenvalue weighted by atomic mass is 15.2. The molecule has 3 heteroatoms. The molecule has 0 aliphatic heterocycles. The molecule has 0 amide bonds. The Labute approximate surface area is 124 Å². The molecule has 0 aliphatic rings. The Bertz CT molecular complexity index is 368. The van der Waals surface area contributed by atoms with Gasteiger partial charge in [0.1, 0.15) is 5.82 Å². The zero-order chi connectivity index (χ0) is 14.8. The van der Waals surface area contributed by atoms with Gasteiger partial charge in [-0.25, -0.2) is 4.98 Å². The number of rotatable bonds is 10. The van der Waals surface area contributed by atoms with Crippen molar-refractivity contribution in [3.05, 3.63) is 23.4 Å². The summed E-state index contributed by atoms with van der Waals surface area (Å²) in [4.78, 5) is 7.26. The lowest BCUT2D eigenvalue weighted by Gasteiger charge is -2.24. The van der Waals surface area contributed by atoms with Crippen LogP contribution >= 0.6 is 0 Å². The van der Waals surface area contributed by atoms with Gasteiger partial charge in [-0.2, -0.15) is 0 Å². The minimum atomic E-state index is 0.916. The van der Waals surface area contributed by atoms with Crippen LogP contribution in [0.25, 0.3) is 0 Å². The molecular weight excluding hydrogens is 246 g/mol. The quantitative estimate of drug-likeness (QED) is 0.703. The Kier molecular flexibility index (Phi) is 8.28. The average Bonchev–Trinajstić information content (AvgIpc) is 2.46. The van der Waals surface area contributed by atoms with Crippen molar-refractivity contribution in [3.8, 4) is 0 Å². The molecule has 0 bridgehead atoms. The third kappa shape index (κ3) is 5.49. The molecule has 0 unspecified atom stereocenters. The summed E-state index contributed by atoms with van der Waals surface area (Å²) in [6.45, 7) is 12.9. The van der Waals surface area contributed by atoms with Gasteiger partial charge in [-0.15, -0.1) is 0 Å². The van der Waals surface area contributed by atoms with Crippen LogP contribution in [0.2, 0.25) is 0 Å². The second-order valence-corrected chi connectivity index (χ2v) is 5.39. The maximum Gasteiger partial charge on any atom is 0.128 e. The fourth-order valence-electron chi connectivity index (χ4n) is 2.24. The smallest absolute Gasteiger partial charge is 0.128 e. The van der Waals surface area contributed by atoms with Gasteiger partial charge in [0, 0.05) is 25.3 Å². The number of pyridine rings is 1. The van der Waals surface area contributed by atoms with Gasteiger partial charge in [0.15, 0.2) is 0 Å². The molecule has 114 valence electrons. The van der Waals surface area contributed by atoms with Crippen molar-refractivity contribution >= 4 is 5.82 Å². The SMILES string of the molecule is CCCCN(CCCC)c1ccc(CNCC)c(C)n1. The fourth-order valence-corrected chi connectivity index (χ4v) is 2.24. The third-order valence-electron chi connectivity index (χ3n) is 3.63. The third-order valence-corrected chi connectivity index (χ3v) is 3.63. The second kappa shape index (κ2) is 9.76. The number of hydrogen-bond donors (Lipinski definition) is 1. The lowest BCUT2D eigenvalue weighted by Crippen LogP contribution is -2.27. The lowest BCUT2D eigenvalue weighted by atomic mass is 10.2. The van der Waals surface area contributed by atoms with Crippen molar-refractivity contribution in [2.75, 3.05) is 24.5 Å². The minimum Gasteiger partial charge on any atom is -0.357 e. The van der Waals surface area contributed by atoms with Crippen LogP contribution in [0.1, 0.15) is 57.7 Å². The summed E-state index contributed by atoms with van der Waals surface area (Å²) in [6, 6.07) is 4.41. The van der Waals surface area contributed by atoms with Gasteiger partial charge in [0.05, 0.1) is 0 Å². The highest BCUT2D eigenvalue weighted by molar-refractivity contribution is 5.41. The van der Waals surface area contributed by atoms with E-state index < -0.39 is 0 Å². The molecule has 3 nitrogen and oxygen atoms in total. The molecule has 0 fully saturated rings. The molecule has 1 heterocycles. The molecule has 0 radical (unpaired) electrons. The van der Waals surface area contributed by atoms with Gasteiger partial charge in [-0.1, -0.05) is 39.7 Å². The number of nitrogens with zero attached hydrogens (tertiary/aromatic N) is 2.